The number of hydrogen-bond donors (Lipinski definition) is 0. The summed E-state index contributed by atoms with van der Waals surface area (Å²) in [5, 5.41) is 0. The lowest BCUT2D eigenvalue weighted by molar-refractivity contribution is -0.167. The summed E-state index contributed by atoms with van der Waals surface area (Å²) < 4.78 is 17.0. The summed E-state index contributed by atoms with van der Waals surface area (Å²) in [4.78, 5) is 38.4. The van der Waals surface area contributed by atoms with Crippen molar-refractivity contribution >= 4 is 17.9 Å². The fraction of sp³-hybridized carbons (Fsp3) is 0.883. The smallest absolute Gasteiger partial charge is 0.306 e. The number of ether oxygens (including phenoxy) is 3. The standard InChI is InChI=1S/C77H144O6/c1-4-7-10-13-16-19-22-25-28-29-30-31-32-33-34-35-36-37-38-39-40-41-42-43-44-45-46-47-50-52-55-58-61-64-67-70-76(79)82-73-74(83-77(80)71-68-65-62-59-56-53-49-27-24-21-18-15-12-9-6-3)72-81-75(78)69-66-63-60-57-54-51-48-26-23-20-17-14-11-8-5-2/h9,12,18,21,27,49,74H,4-8,10-11,13-17,19-20,22-26,28-48,50-73H2,1-3H3/b12-9-,21-18-,49-27-. The first kappa shape index (κ1) is 80.6. The van der Waals surface area contributed by atoms with Crippen molar-refractivity contribution < 1.29 is 28.6 Å². The van der Waals surface area contributed by atoms with Crippen molar-refractivity contribution in [1.29, 1.82) is 0 Å². The summed E-state index contributed by atoms with van der Waals surface area (Å²) in [6.45, 7) is 6.59. The molecule has 0 aliphatic carbocycles. The third-order valence-electron chi connectivity index (χ3n) is 17.2. The lowest BCUT2D eigenvalue weighted by Crippen LogP contribution is -2.30. The van der Waals surface area contributed by atoms with Gasteiger partial charge in [0.25, 0.3) is 0 Å². The Kier molecular flexibility index (Phi) is 70.0. The number of esters is 3. The Labute approximate surface area is 518 Å². The van der Waals surface area contributed by atoms with Crippen molar-refractivity contribution in [2.24, 2.45) is 0 Å². The van der Waals surface area contributed by atoms with E-state index in [1.807, 2.05) is 0 Å². The van der Waals surface area contributed by atoms with E-state index in [0.717, 1.165) is 96.3 Å². The first-order chi connectivity index (χ1) is 41.0. The van der Waals surface area contributed by atoms with Gasteiger partial charge in [-0.1, -0.05) is 385 Å². The second kappa shape index (κ2) is 72.1. The molecule has 0 saturated carbocycles. The lowest BCUT2D eigenvalue weighted by atomic mass is 10.0. The molecule has 0 bridgehead atoms. The highest BCUT2D eigenvalue weighted by molar-refractivity contribution is 5.71. The van der Waals surface area contributed by atoms with Gasteiger partial charge in [-0.25, -0.2) is 0 Å². The molecule has 0 heterocycles. The van der Waals surface area contributed by atoms with Crippen LogP contribution < -0.4 is 0 Å². The molecule has 0 radical (unpaired) electrons. The normalized spacial score (nSPS) is 12.2. The molecule has 0 N–H and O–H groups in total. The van der Waals surface area contributed by atoms with Crippen LogP contribution in [0, 0.1) is 0 Å². The Balaban J connectivity index is 4.06. The number of unbranched alkanes of at least 4 members (excludes halogenated alkanes) is 53. The number of allylic oxidation sites excluding steroid dienone is 6. The van der Waals surface area contributed by atoms with E-state index in [4.69, 9.17) is 14.2 Å². The van der Waals surface area contributed by atoms with Crippen LogP contribution in [-0.4, -0.2) is 37.2 Å². The monoisotopic (exact) mass is 1170 g/mol. The molecule has 0 saturated heterocycles. The molecule has 1 unspecified atom stereocenters. The van der Waals surface area contributed by atoms with Gasteiger partial charge in [-0.15, -0.1) is 0 Å². The van der Waals surface area contributed by atoms with Crippen molar-refractivity contribution in [3.63, 3.8) is 0 Å². The quantitative estimate of drug-likeness (QED) is 0.0261. The van der Waals surface area contributed by atoms with Gasteiger partial charge in [0.1, 0.15) is 13.2 Å². The maximum Gasteiger partial charge on any atom is 0.306 e. The number of carbonyl (C=O) groups is 3. The van der Waals surface area contributed by atoms with E-state index < -0.39 is 6.10 Å². The minimum absolute atomic E-state index is 0.0737. The van der Waals surface area contributed by atoms with Gasteiger partial charge >= 0.3 is 17.9 Å². The van der Waals surface area contributed by atoms with Crippen LogP contribution in [0.25, 0.3) is 0 Å². The highest BCUT2D eigenvalue weighted by Gasteiger charge is 2.20. The summed E-state index contributed by atoms with van der Waals surface area (Å²) in [5.41, 5.74) is 0. The zero-order chi connectivity index (χ0) is 59.9. The molecule has 0 aliphatic rings. The van der Waals surface area contributed by atoms with Crippen LogP contribution in [0.4, 0.5) is 0 Å². The Hall–Kier alpha value is -2.37. The first-order valence-electron chi connectivity index (χ1n) is 37.5. The second-order valence-electron chi connectivity index (χ2n) is 25.5. The molecule has 0 amide bonds. The van der Waals surface area contributed by atoms with Gasteiger partial charge in [0, 0.05) is 19.3 Å². The van der Waals surface area contributed by atoms with E-state index >= 15 is 0 Å². The van der Waals surface area contributed by atoms with Crippen molar-refractivity contribution in [2.45, 2.75) is 425 Å². The van der Waals surface area contributed by atoms with Gasteiger partial charge in [-0.3, -0.25) is 14.4 Å². The van der Waals surface area contributed by atoms with Gasteiger partial charge in [0.2, 0.25) is 0 Å². The fourth-order valence-corrected chi connectivity index (χ4v) is 11.6. The van der Waals surface area contributed by atoms with Crippen molar-refractivity contribution in [3.8, 4) is 0 Å². The van der Waals surface area contributed by atoms with Crippen LogP contribution in [-0.2, 0) is 28.6 Å². The van der Waals surface area contributed by atoms with E-state index in [9.17, 15) is 14.4 Å². The fourth-order valence-electron chi connectivity index (χ4n) is 11.6. The largest absolute Gasteiger partial charge is 0.462 e. The van der Waals surface area contributed by atoms with Crippen LogP contribution >= 0.6 is 0 Å². The van der Waals surface area contributed by atoms with Crippen molar-refractivity contribution in [2.75, 3.05) is 13.2 Å². The van der Waals surface area contributed by atoms with Gasteiger partial charge < -0.3 is 14.2 Å². The number of carbonyl (C=O) groups excluding carboxylic acids is 3. The van der Waals surface area contributed by atoms with Gasteiger partial charge in [0.15, 0.2) is 6.10 Å². The lowest BCUT2D eigenvalue weighted by Gasteiger charge is -2.18. The molecular weight excluding hydrogens is 1020 g/mol. The van der Waals surface area contributed by atoms with Crippen molar-refractivity contribution in [1.82, 2.24) is 0 Å². The maximum absolute atomic E-state index is 12.9. The van der Waals surface area contributed by atoms with Crippen LogP contribution in [0.15, 0.2) is 36.5 Å². The molecule has 488 valence electrons. The maximum atomic E-state index is 12.9. The van der Waals surface area contributed by atoms with Crippen LogP contribution in [0.2, 0.25) is 0 Å². The first-order valence-corrected chi connectivity index (χ1v) is 37.5. The summed E-state index contributed by atoms with van der Waals surface area (Å²) in [6.07, 6.45) is 90.7. The predicted molar refractivity (Wildman–Crippen MR) is 362 cm³/mol. The summed E-state index contributed by atoms with van der Waals surface area (Å²) in [5.74, 6) is -0.861. The van der Waals surface area contributed by atoms with Crippen LogP contribution in [0.5, 0.6) is 0 Å². The molecule has 0 aromatic carbocycles. The Morgan fingerprint density at radius 2 is 0.470 bits per heavy atom. The Morgan fingerprint density at radius 3 is 0.735 bits per heavy atom. The Morgan fingerprint density at radius 1 is 0.253 bits per heavy atom. The SMILES string of the molecule is CC/C=C\C/C=C\C/C=C\CCCCCCCC(=O)OC(COC(=O)CCCCCCCCCCCCCCCCC)COC(=O)CCCCCCCCCCCCCCCCCCCCCCCCCCCCCCCCCCCCC. The van der Waals surface area contributed by atoms with E-state index in [1.54, 1.807) is 0 Å². The molecule has 0 aromatic rings. The van der Waals surface area contributed by atoms with Crippen LogP contribution in [0.3, 0.4) is 0 Å². The minimum Gasteiger partial charge on any atom is -0.462 e. The third-order valence-corrected chi connectivity index (χ3v) is 17.2. The molecule has 1 atom stereocenters. The number of hydrogen-bond acceptors (Lipinski definition) is 6. The molecule has 0 fully saturated rings. The van der Waals surface area contributed by atoms with Gasteiger partial charge in [0.05, 0.1) is 0 Å². The second-order valence-corrected chi connectivity index (χ2v) is 25.5. The Bertz CT molecular complexity index is 1380. The molecule has 0 aliphatic heterocycles. The van der Waals surface area contributed by atoms with E-state index in [0.29, 0.717) is 19.3 Å². The topological polar surface area (TPSA) is 78.9 Å². The molecule has 83 heavy (non-hydrogen) atoms. The van der Waals surface area contributed by atoms with E-state index in [1.165, 1.54) is 283 Å². The molecular formula is C77H144O6. The molecule has 6 nitrogen and oxygen atoms in total. The predicted octanol–water partition coefficient (Wildman–Crippen LogP) is 25.9. The highest BCUT2D eigenvalue weighted by Crippen LogP contribution is 2.20. The van der Waals surface area contributed by atoms with E-state index in [2.05, 4.69) is 57.2 Å². The number of rotatable bonds is 70. The average molecular weight is 1170 g/mol. The van der Waals surface area contributed by atoms with E-state index in [-0.39, 0.29) is 31.1 Å². The molecule has 0 aromatic heterocycles. The summed E-state index contributed by atoms with van der Waals surface area (Å²) in [7, 11) is 0. The van der Waals surface area contributed by atoms with Gasteiger partial charge in [-0.2, -0.15) is 0 Å². The summed E-state index contributed by atoms with van der Waals surface area (Å²) >= 11 is 0. The molecule has 6 heteroatoms. The molecule has 0 rings (SSSR count). The minimum atomic E-state index is -0.779. The van der Waals surface area contributed by atoms with Crippen molar-refractivity contribution in [3.05, 3.63) is 36.5 Å². The third kappa shape index (κ3) is 70.3. The average Bonchev–Trinajstić information content (AvgIpc) is 3.50. The zero-order valence-electron chi connectivity index (χ0n) is 56.2. The highest BCUT2D eigenvalue weighted by atomic mass is 16.6. The van der Waals surface area contributed by atoms with Gasteiger partial charge in [-0.05, 0) is 51.4 Å². The summed E-state index contributed by atoms with van der Waals surface area (Å²) in [6, 6.07) is 0. The van der Waals surface area contributed by atoms with Crippen LogP contribution in [0.1, 0.15) is 419 Å². The zero-order valence-corrected chi connectivity index (χ0v) is 56.2. The molecule has 0 spiro atoms.